The molecule has 0 heterocycles. The highest BCUT2D eigenvalue weighted by Gasteiger charge is 2.32. The molecule has 1 aliphatic carbocycles. The maximum absolute atomic E-state index is 11.2. The molecule has 1 rings (SSSR count). The van der Waals surface area contributed by atoms with E-state index in [9.17, 15) is 8.42 Å². The molecular weight excluding hydrogens is 188 g/mol. The summed E-state index contributed by atoms with van der Waals surface area (Å²) in [5, 5.41) is -0.170. The number of hydrogen-bond acceptors (Lipinski definition) is 3. The van der Waals surface area contributed by atoms with Crippen molar-refractivity contribution in [2.24, 2.45) is 0 Å². The van der Waals surface area contributed by atoms with Gasteiger partial charge < -0.3 is 4.74 Å². The first-order valence-electron chi connectivity index (χ1n) is 4.74. The monoisotopic (exact) mass is 206 g/mol. The van der Waals surface area contributed by atoms with Crippen LogP contribution in [0.25, 0.3) is 0 Å². The van der Waals surface area contributed by atoms with Crippen molar-refractivity contribution in [3.8, 4) is 0 Å². The van der Waals surface area contributed by atoms with Gasteiger partial charge >= 0.3 is 0 Å². The molecule has 0 radical (unpaired) electrons. The number of rotatable bonds is 3. The van der Waals surface area contributed by atoms with Crippen LogP contribution < -0.4 is 0 Å². The van der Waals surface area contributed by atoms with E-state index in [1.165, 1.54) is 6.26 Å². The second-order valence-corrected chi connectivity index (χ2v) is 6.40. The summed E-state index contributed by atoms with van der Waals surface area (Å²) in [5.74, 6) is 0. The van der Waals surface area contributed by atoms with Gasteiger partial charge in [-0.05, 0) is 33.1 Å². The van der Waals surface area contributed by atoms with Crippen LogP contribution in [0, 0.1) is 0 Å². The molecule has 0 bridgehead atoms. The van der Waals surface area contributed by atoms with Gasteiger partial charge in [-0.2, -0.15) is 0 Å². The molecule has 2 atom stereocenters. The Hall–Kier alpha value is -0.0900. The highest BCUT2D eigenvalue weighted by atomic mass is 32.2. The van der Waals surface area contributed by atoms with Crippen LogP contribution in [0.5, 0.6) is 0 Å². The molecule has 0 amide bonds. The van der Waals surface area contributed by atoms with Crippen molar-refractivity contribution in [2.45, 2.75) is 50.6 Å². The van der Waals surface area contributed by atoms with Gasteiger partial charge in [0, 0.05) is 6.26 Å². The Balaban J connectivity index is 2.46. The van der Waals surface area contributed by atoms with Crippen molar-refractivity contribution >= 4 is 9.84 Å². The van der Waals surface area contributed by atoms with Crippen molar-refractivity contribution < 1.29 is 13.2 Å². The van der Waals surface area contributed by atoms with Crippen molar-refractivity contribution in [1.82, 2.24) is 0 Å². The molecule has 3 nitrogen and oxygen atoms in total. The lowest BCUT2D eigenvalue weighted by Gasteiger charge is -2.14. The largest absolute Gasteiger partial charge is 0.376 e. The van der Waals surface area contributed by atoms with Crippen LogP contribution in [0.3, 0.4) is 0 Å². The molecule has 1 unspecified atom stereocenters. The third kappa shape index (κ3) is 3.27. The van der Waals surface area contributed by atoms with Crippen molar-refractivity contribution in [3.63, 3.8) is 0 Å². The maximum atomic E-state index is 11.2. The van der Waals surface area contributed by atoms with Crippen LogP contribution >= 0.6 is 0 Å². The van der Waals surface area contributed by atoms with Gasteiger partial charge in [0.1, 0.15) is 9.84 Å². The van der Waals surface area contributed by atoms with Gasteiger partial charge in [0.15, 0.2) is 0 Å². The maximum Gasteiger partial charge on any atom is 0.150 e. The fraction of sp³-hybridized carbons (Fsp3) is 1.00. The van der Waals surface area contributed by atoms with Crippen LogP contribution in [-0.4, -0.2) is 32.1 Å². The zero-order chi connectivity index (χ0) is 10.1. The predicted octanol–water partition coefficient (Wildman–Crippen LogP) is 1.38. The minimum atomic E-state index is -2.85. The van der Waals surface area contributed by atoms with E-state index in [-0.39, 0.29) is 17.5 Å². The molecule has 0 aromatic heterocycles. The summed E-state index contributed by atoms with van der Waals surface area (Å²) >= 11 is 0. The van der Waals surface area contributed by atoms with E-state index in [0.29, 0.717) is 6.42 Å². The molecule has 0 N–H and O–H groups in total. The molecule has 0 aliphatic heterocycles. The van der Waals surface area contributed by atoms with Crippen molar-refractivity contribution in [3.05, 3.63) is 0 Å². The lowest BCUT2D eigenvalue weighted by molar-refractivity contribution is 0.0127. The summed E-state index contributed by atoms with van der Waals surface area (Å²) in [5.41, 5.74) is 0. The van der Waals surface area contributed by atoms with Crippen molar-refractivity contribution in [1.29, 1.82) is 0 Å². The molecule has 4 heteroatoms. The van der Waals surface area contributed by atoms with Gasteiger partial charge in [-0.15, -0.1) is 0 Å². The highest BCUT2D eigenvalue weighted by molar-refractivity contribution is 7.91. The smallest absolute Gasteiger partial charge is 0.150 e. The second-order valence-electron chi connectivity index (χ2n) is 4.07. The van der Waals surface area contributed by atoms with Gasteiger partial charge in [-0.1, -0.05) is 0 Å². The molecule has 0 aromatic carbocycles. The molecule has 0 saturated heterocycles. The molecule has 78 valence electrons. The van der Waals surface area contributed by atoms with E-state index in [4.69, 9.17) is 4.74 Å². The Morgan fingerprint density at radius 1 is 1.31 bits per heavy atom. The van der Waals surface area contributed by atoms with Crippen molar-refractivity contribution in [2.75, 3.05) is 6.26 Å². The quantitative estimate of drug-likeness (QED) is 0.700. The van der Waals surface area contributed by atoms with Crippen LogP contribution in [0.15, 0.2) is 0 Å². The third-order valence-electron chi connectivity index (χ3n) is 2.41. The lowest BCUT2D eigenvalue weighted by Crippen LogP contribution is -2.19. The topological polar surface area (TPSA) is 43.4 Å². The number of ether oxygens (including phenoxy) is 1. The second kappa shape index (κ2) is 3.96. The third-order valence-corrected chi connectivity index (χ3v) is 4.05. The van der Waals surface area contributed by atoms with Gasteiger partial charge in [-0.3, -0.25) is 0 Å². The first kappa shape index (κ1) is 11.0. The number of hydrogen-bond donors (Lipinski definition) is 0. The van der Waals surface area contributed by atoms with Gasteiger partial charge in [0.05, 0.1) is 17.5 Å². The SMILES string of the molecule is CC(C)O[C@@H]1CCC(S(C)(=O)=O)C1. The van der Waals surface area contributed by atoms with E-state index in [2.05, 4.69) is 0 Å². The summed E-state index contributed by atoms with van der Waals surface area (Å²) in [7, 11) is -2.85. The van der Waals surface area contributed by atoms with E-state index >= 15 is 0 Å². The molecule has 0 aromatic rings. The van der Waals surface area contributed by atoms with Gasteiger partial charge in [-0.25, -0.2) is 8.42 Å². The van der Waals surface area contributed by atoms with Crippen LogP contribution in [0.2, 0.25) is 0 Å². The average Bonchev–Trinajstić information content (AvgIpc) is 2.32. The molecule has 13 heavy (non-hydrogen) atoms. The summed E-state index contributed by atoms with van der Waals surface area (Å²) in [6.45, 7) is 3.96. The summed E-state index contributed by atoms with van der Waals surface area (Å²) in [6, 6.07) is 0. The van der Waals surface area contributed by atoms with Gasteiger partial charge in [0.2, 0.25) is 0 Å². The molecule has 1 aliphatic rings. The van der Waals surface area contributed by atoms with E-state index in [1.807, 2.05) is 13.8 Å². The van der Waals surface area contributed by atoms with Crippen LogP contribution in [0.1, 0.15) is 33.1 Å². The Morgan fingerprint density at radius 2 is 1.92 bits per heavy atom. The molecule has 1 fully saturated rings. The molecule has 1 saturated carbocycles. The Labute approximate surface area is 80.4 Å². The van der Waals surface area contributed by atoms with E-state index in [1.54, 1.807) is 0 Å². The predicted molar refractivity (Wildman–Crippen MR) is 52.5 cm³/mol. The van der Waals surface area contributed by atoms with Gasteiger partial charge in [0.25, 0.3) is 0 Å². The van der Waals surface area contributed by atoms with E-state index < -0.39 is 9.84 Å². The first-order valence-corrected chi connectivity index (χ1v) is 6.69. The Kier molecular flexibility index (Phi) is 3.35. The lowest BCUT2D eigenvalue weighted by atomic mass is 10.3. The Morgan fingerprint density at radius 3 is 2.31 bits per heavy atom. The average molecular weight is 206 g/mol. The zero-order valence-electron chi connectivity index (χ0n) is 8.49. The summed E-state index contributed by atoms with van der Waals surface area (Å²) < 4.78 is 28.0. The normalized spacial score (nSPS) is 29.8. The first-order chi connectivity index (χ1) is 5.89. The minimum Gasteiger partial charge on any atom is -0.376 e. The molecule has 0 spiro atoms. The minimum absolute atomic E-state index is 0.153. The fourth-order valence-corrected chi connectivity index (χ4v) is 2.93. The molecular formula is C9H18O3S. The fourth-order valence-electron chi connectivity index (χ4n) is 1.80. The standard InChI is InChI=1S/C9H18O3S/c1-7(2)12-8-4-5-9(6-8)13(3,10)11/h7-9H,4-6H2,1-3H3/t8-,9?/m1/s1. The van der Waals surface area contributed by atoms with E-state index in [0.717, 1.165) is 12.8 Å². The van der Waals surface area contributed by atoms with Crippen LogP contribution in [-0.2, 0) is 14.6 Å². The zero-order valence-corrected chi connectivity index (χ0v) is 9.30. The van der Waals surface area contributed by atoms with Crippen LogP contribution in [0.4, 0.5) is 0 Å². The summed E-state index contributed by atoms with van der Waals surface area (Å²) in [4.78, 5) is 0. The summed E-state index contributed by atoms with van der Waals surface area (Å²) in [6.07, 6.45) is 3.99. The number of sulfone groups is 1. The highest BCUT2D eigenvalue weighted by Crippen LogP contribution is 2.27. The Bertz CT molecular complexity index is 256.